The summed E-state index contributed by atoms with van der Waals surface area (Å²) in [4.78, 5) is 16.6. The molecule has 0 radical (unpaired) electrons. The maximum atomic E-state index is 11.2. The van der Waals surface area contributed by atoms with Gasteiger partial charge in [0.2, 0.25) is 0 Å². The van der Waals surface area contributed by atoms with Crippen molar-refractivity contribution in [2.45, 2.75) is 19.6 Å². The first kappa shape index (κ1) is 16.4. The maximum absolute atomic E-state index is 11.2. The van der Waals surface area contributed by atoms with Crippen molar-refractivity contribution in [3.63, 3.8) is 0 Å². The first-order chi connectivity index (χ1) is 11.6. The summed E-state index contributed by atoms with van der Waals surface area (Å²) in [5.41, 5.74) is 0.641. The van der Waals surface area contributed by atoms with Gasteiger partial charge in [-0.15, -0.1) is 11.3 Å². The third-order valence-electron chi connectivity index (χ3n) is 3.57. The van der Waals surface area contributed by atoms with E-state index in [0.29, 0.717) is 17.9 Å². The first-order valence-corrected chi connectivity index (χ1v) is 8.48. The Kier molecular flexibility index (Phi) is 5.08. The van der Waals surface area contributed by atoms with Crippen LogP contribution in [0.4, 0.5) is 0 Å². The van der Waals surface area contributed by atoms with E-state index in [1.165, 1.54) is 6.92 Å². The number of ketones is 1. The van der Waals surface area contributed by atoms with Crippen molar-refractivity contribution < 1.29 is 14.6 Å². The second-order valence-electron chi connectivity index (χ2n) is 5.43. The Morgan fingerprint density at radius 2 is 2.12 bits per heavy atom. The van der Waals surface area contributed by atoms with E-state index >= 15 is 0 Å². The Balaban J connectivity index is 1.57. The van der Waals surface area contributed by atoms with Crippen LogP contribution >= 0.6 is 11.3 Å². The molecule has 0 amide bonds. The summed E-state index contributed by atoms with van der Waals surface area (Å²) in [6.07, 6.45) is 2.91. The maximum Gasteiger partial charge on any atom is 0.159 e. The smallest absolute Gasteiger partial charge is 0.159 e. The van der Waals surface area contributed by atoms with Crippen LogP contribution in [-0.4, -0.2) is 33.2 Å². The predicted octanol–water partition coefficient (Wildman–Crippen LogP) is 3.25. The van der Waals surface area contributed by atoms with E-state index in [2.05, 4.69) is 4.98 Å². The zero-order chi connectivity index (χ0) is 16.9. The van der Waals surface area contributed by atoms with Crippen LogP contribution in [0.3, 0.4) is 0 Å². The number of aliphatic hydroxyl groups excluding tert-OH is 1. The minimum absolute atomic E-state index is 0.0165. The number of aromatic nitrogens is 2. The van der Waals surface area contributed by atoms with E-state index < -0.39 is 6.10 Å². The van der Waals surface area contributed by atoms with Gasteiger partial charge < -0.3 is 14.4 Å². The zero-order valence-electron chi connectivity index (χ0n) is 13.3. The molecule has 124 valence electrons. The van der Waals surface area contributed by atoms with E-state index in [1.807, 2.05) is 28.3 Å². The monoisotopic (exact) mass is 342 g/mol. The van der Waals surface area contributed by atoms with Gasteiger partial charge in [-0.05, 0) is 42.6 Å². The number of thiophene rings is 1. The molecule has 1 aromatic carbocycles. The molecule has 24 heavy (non-hydrogen) atoms. The van der Waals surface area contributed by atoms with Crippen LogP contribution in [0.5, 0.6) is 5.75 Å². The number of Topliss-reactive ketones (excluding diaryl/α,β-unsaturated/α-hetero) is 1. The molecule has 0 fully saturated rings. The fourth-order valence-electron chi connectivity index (χ4n) is 2.35. The molecule has 6 heteroatoms. The van der Waals surface area contributed by atoms with Crippen molar-refractivity contribution >= 4 is 17.1 Å². The van der Waals surface area contributed by atoms with Crippen LogP contribution in [0.25, 0.3) is 10.7 Å². The van der Waals surface area contributed by atoms with Gasteiger partial charge in [-0.3, -0.25) is 4.79 Å². The summed E-state index contributed by atoms with van der Waals surface area (Å²) in [6, 6.07) is 10.9. The SMILES string of the molecule is CC(=O)c1ccc(OCC(O)Cn2ccnc2-c2cccs2)cc1. The van der Waals surface area contributed by atoms with E-state index in [-0.39, 0.29) is 12.4 Å². The molecule has 1 atom stereocenters. The van der Waals surface area contributed by atoms with Gasteiger partial charge >= 0.3 is 0 Å². The second kappa shape index (κ2) is 7.42. The average Bonchev–Trinajstić information content (AvgIpc) is 3.24. The minimum Gasteiger partial charge on any atom is -0.491 e. The summed E-state index contributed by atoms with van der Waals surface area (Å²) in [6.45, 7) is 2.09. The summed E-state index contributed by atoms with van der Waals surface area (Å²) in [5, 5.41) is 12.2. The highest BCUT2D eigenvalue weighted by molar-refractivity contribution is 7.13. The fourth-order valence-corrected chi connectivity index (χ4v) is 3.08. The number of carbonyl (C=O) groups is 1. The van der Waals surface area contributed by atoms with Crippen LogP contribution in [0.15, 0.2) is 54.2 Å². The van der Waals surface area contributed by atoms with Gasteiger partial charge in [0.15, 0.2) is 5.78 Å². The molecule has 0 spiro atoms. The number of nitrogens with zero attached hydrogens (tertiary/aromatic N) is 2. The lowest BCUT2D eigenvalue weighted by atomic mass is 10.1. The van der Waals surface area contributed by atoms with Crippen LogP contribution in [0.1, 0.15) is 17.3 Å². The van der Waals surface area contributed by atoms with Gasteiger partial charge in [-0.25, -0.2) is 4.98 Å². The molecule has 1 N–H and O–H groups in total. The first-order valence-electron chi connectivity index (χ1n) is 7.60. The van der Waals surface area contributed by atoms with E-state index in [4.69, 9.17) is 4.74 Å². The summed E-state index contributed by atoms with van der Waals surface area (Å²) in [7, 11) is 0. The van der Waals surface area contributed by atoms with E-state index in [9.17, 15) is 9.90 Å². The highest BCUT2D eigenvalue weighted by atomic mass is 32.1. The van der Waals surface area contributed by atoms with Crippen molar-refractivity contribution in [1.29, 1.82) is 0 Å². The molecular weight excluding hydrogens is 324 g/mol. The molecule has 0 saturated heterocycles. The third-order valence-corrected chi connectivity index (χ3v) is 4.43. The van der Waals surface area contributed by atoms with Gasteiger partial charge in [-0.1, -0.05) is 6.07 Å². The lowest BCUT2D eigenvalue weighted by molar-refractivity contribution is 0.0927. The minimum atomic E-state index is -0.662. The van der Waals surface area contributed by atoms with E-state index in [1.54, 1.807) is 41.8 Å². The molecule has 2 heterocycles. The Hall–Kier alpha value is -2.44. The van der Waals surface area contributed by atoms with Crippen molar-refractivity contribution in [2.75, 3.05) is 6.61 Å². The largest absolute Gasteiger partial charge is 0.491 e. The molecule has 0 aliphatic rings. The number of aliphatic hydroxyl groups is 1. The number of imidazole rings is 1. The lowest BCUT2D eigenvalue weighted by Crippen LogP contribution is -2.23. The molecule has 0 aliphatic carbocycles. The molecule has 2 aromatic heterocycles. The topological polar surface area (TPSA) is 64.3 Å². The van der Waals surface area contributed by atoms with Gasteiger partial charge in [0, 0.05) is 18.0 Å². The van der Waals surface area contributed by atoms with Gasteiger partial charge in [0.05, 0.1) is 11.4 Å². The fraction of sp³-hybridized carbons (Fsp3) is 0.222. The second-order valence-corrected chi connectivity index (χ2v) is 6.37. The Morgan fingerprint density at radius 3 is 2.79 bits per heavy atom. The Morgan fingerprint density at radius 1 is 1.33 bits per heavy atom. The quantitative estimate of drug-likeness (QED) is 0.670. The standard InChI is InChI=1S/C18H18N2O3S/c1-13(21)14-4-6-16(7-5-14)23-12-15(22)11-20-9-8-19-18(20)17-3-2-10-24-17/h2-10,15,22H,11-12H2,1H3. The Bertz CT molecular complexity index is 794. The number of hydrogen-bond acceptors (Lipinski definition) is 5. The molecule has 0 aliphatic heterocycles. The van der Waals surface area contributed by atoms with Gasteiger partial charge in [0.25, 0.3) is 0 Å². The van der Waals surface area contributed by atoms with Gasteiger partial charge in [0.1, 0.15) is 24.3 Å². The van der Waals surface area contributed by atoms with Crippen LogP contribution < -0.4 is 4.74 Å². The predicted molar refractivity (Wildman–Crippen MR) is 93.5 cm³/mol. The van der Waals surface area contributed by atoms with E-state index in [0.717, 1.165) is 10.7 Å². The van der Waals surface area contributed by atoms with Gasteiger partial charge in [-0.2, -0.15) is 0 Å². The highest BCUT2D eigenvalue weighted by Crippen LogP contribution is 2.23. The molecular formula is C18H18N2O3S. The molecule has 1 unspecified atom stereocenters. The average molecular weight is 342 g/mol. The number of benzene rings is 1. The molecule has 3 aromatic rings. The number of rotatable bonds is 7. The molecule has 0 saturated carbocycles. The third kappa shape index (κ3) is 3.90. The number of ether oxygens (including phenoxy) is 1. The summed E-state index contributed by atoms with van der Waals surface area (Å²) >= 11 is 1.61. The Labute approximate surface area is 144 Å². The van der Waals surface area contributed by atoms with Crippen molar-refractivity contribution in [3.05, 3.63) is 59.7 Å². The molecule has 3 rings (SSSR count). The number of carbonyl (C=O) groups excluding carboxylic acids is 1. The zero-order valence-corrected chi connectivity index (χ0v) is 14.1. The normalized spacial score (nSPS) is 12.1. The van der Waals surface area contributed by atoms with Crippen LogP contribution in [0, 0.1) is 0 Å². The van der Waals surface area contributed by atoms with Crippen molar-refractivity contribution in [2.24, 2.45) is 0 Å². The molecule has 0 bridgehead atoms. The van der Waals surface area contributed by atoms with Crippen LogP contribution in [0.2, 0.25) is 0 Å². The summed E-state index contributed by atoms with van der Waals surface area (Å²) < 4.78 is 7.50. The highest BCUT2D eigenvalue weighted by Gasteiger charge is 2.12. The molecule has 5 nitrogen and oxygen atoms in total. The van der Waals surface area contributed by atoms with Crippen molar-refractivity contribution in [1.82, 2.24) is 9.55 Å². The number of hydrogen-bond donors (Lipinski definition) is 1. The van der Waals surface area contributed by atoms with Crippen molar-refractivity contribution in [3.8, 4) is 16.5 Å². The summed E-state index contributed by atoms with van der Waals surface area (Å²) in [5.74, 6) is 1.49. The lowest BCUT2D eigenvalue weighted by Gasteiger charge is -2.14. The van der Waals surface area contributed by atoms with Crippen LogP contribution in [-0.2, 0) is 6.54 Å².